The summed E-state index contributed by atoms with van der Waals surface area (Å²) in [5, 5.41) is 16.2. The van der Waals surface area contributed by atoms with Crippen molar-refractivity contribution >= 4 is 28.8 Å². The van der Waals surface area contributed by atoms with Crippen LogP contribution >= 0.6 is 11.3 Å². The summed E-state index contributed by atoms with van der Waals surface area (Å²) in [5.41, 5.74) is 0.849. The molecule has 0 aliphatic heterocycles. The molecule has 3 N–H and O–H groups in total. The van der Waals surface area contributed by atoms with Crippen molar-refractivity contribution in [3.63, 3.8) is 0 Å². The zero-order valence-corrected chi connectivity index (χ0v) is 12.9. The minimum absolute atomic E-state index is 0.0429. The molecule has 0 aliphatic carbocycles. The topological polar surface area (TPSA) is 78.4 Å². The van der Waals surface area contributed by atoms with E-state index in [2.05, 4.69) is 10.6 Å². The Balaban J connectivity index is 1.89. The lowest BCUT2D eigenvalue weighted by molar-refractivity contribution is -0.136. The first-order valence-electron chi connectivity index (χ1n) is 6.64. The van der Waals surface area contributed by atoms with E-state index in [-0.39, 0.29) is 12.2 Å². The van der Waals surface area contributed by atoms with Gasteiger partial charge in [0.15, 0.2) is 11.6 Å². The quantitative estimate of drug-likeness (QED) is 0.746. The second-order valence-electron chi connectivity index (χ2n) is 4.78. The van der Waals surface area contributed by atoms with Crippen molar-refractivity contribution < 1.29 is 23.5 Å². The van der Waals surface area contributed by atoms with Crippen LogP contribution in [-0.4, -0.2) is 23.5 Å². The number of amides is 2. The molecule has 0 bridgehead atoms. The van der Waals surface area contributed by atoms with Crippen molar-refractivity contribution in [1.29, 1.82) is 0 Å². The minimum atomic E-state index is -1.13. The van der Waals surface area contributed by atoms with Crippen LogP contribution in [-0.2, 0) is 9.59 Å². The number of benzene rings is 1. The van der Waals surface area contributed by atoms with Gasteiger partial charge in [-0.2, -0.15) is 0 Å². The maximum absolute atomic E-state index is 13.0. The molecule has 1 atom stereocenters. The standard InChI is InChI=1S/C15H14F2N2O3S/c1-8-4-5-23-13(8)12(20)7-18-14(21)15(22)19-9-2-3-10(16)11(17)6-9/h2-6,12,20H,7H2,1H3,(H,18,21)(H,19,22). The van der Waals surface area contributed by atoms with E-state index < -0.39 is 29.6 Å². The number of rotatable bonds is 4. The van der Waals surface area contributed by atoms with E-state index >= 15 is 0 Å². The molecule has 1 unspecified atom stereocenters. The number of hydrogen-bond acceptors (Lipinski definition) is 4. The molecule has 0 fully saturated rings. The molecule has 1 aromatic carbocycles. The van der Waals surface area contributed by atoms with E-state index in [1.54, 1.807) is 0 Å². The highest BCUT2D eigenvalue weighted by Crippen LogP contribution is 2.23. The average Bonchev–Trinajstić information content (AvgIpc) is 2.94. The monoisotopic (exact) mass is 340 g/mol. The molecule has 0 aliphatic rings. The lowest BCUT2D eigenvalue weighted by Crippen LogP contribution is -2.37. The first-order chi connectivity index (χ1) is 10.9. The van der Waals surface area contributed by atoms with Crippen LogP contribution in [0.5, 0.6) is 0 Å². The van der Waals surface area contributed by atoms with E-state index in [1.165, 1.54) is 11.3 Å². The summed E-state index contributed by atoms with van der Waals surface area (Å²) in [7, 11) is 0. The molecule has 2 aromatic rings. The summed E-state index contributed by atoms with van der Waals surface area (Å²) in [6, 6.07) is 4.57. The molecule has 23 heavy (non-hydrogen) atoms. The van der Waals surface area contributed by atoms with Crippen LogP contribution in [0.3, 0.4) is 0 Å². The Morgan fingerprint density at radius 2 is 1.96 bits per heavy atom. The van der Waals surface area contributed by atoms with Gasteiger partial charge in [0, 0.05) is 23.2 Å². The highest BCUT2D eigenvalue weighted by Gasteiger charge is 2.18. The van der Waals surface area contributed by atoms with Crippen molar-refractivity contribution in [3.05, 3.63) is 51.7 Å². The van der Waals surface area contributed by atoms with Gasteiger partial charge >= 0.3 is 11.8 Å². The molecule has 2 rings (SSSR count). The molecule has 0 radical (unpaired) electrons. The maximum Gasteiger partial charge on any atom is 0.313 e. The van der Waals surface area contributed by atoms with Crippen LogP contribution < -0.4 is 10.6 Å². The van der Waals surface area contributed by atoms with E-state index in [0.717, 1.165) is 23.8 Å². The Morgan fingerprint density at radius 3 is 2.57 bits per heavy atom. The van der Waals surface area contributed by atoms with Gasteiger partial charge in [-0.15, -0.1) is 11.3 Å². The molecule has 0 saturated carbocycles. The fourth-order valence-electron chi connectivity index (χ4n) is 1.85. The highest BCUT2D eigenvalue weighted by atomic mass is 32.1. The highest BCUT2D eigenvalue weighted by molar-refractivity contribution is 7.10. The lowest BCUT2D eigenvalue weighted by atomic mass is 10.2. The van der Waals surface area contributed by atoms with Crippen LogP contribution in [0.25, 0.3) is 0 Å². The molecular formula is C15H14F2N2O3S. The van der Waals surface area contributed by atoms with Crippen molar-refractivity contribution in [2.24, 2.45) is 0 Å². The zero-order chi connectivity index (χ0) is 17.0. The van der Waals surface area contributed by atoms with E-state index in [4.69, 9.17) is 0 Å². The average molecular weight is 340 g/mol. The largest absolute Gasteiger partial charge is 0.386 e. The Hall–Kier alpha value is -2.32. The van der Waals surface area contributed by atoms with Gasteiger partial charge in [-0.25, -0.2) is 8.78 Å². The molecular weight excluding hydrogens is 326 g/mol. The summed E-state index contributed by atoms with van der Waals surface area (Å²) in [6.45, 7) is 1.69. The molecule has 5 nitrogen and oxygen atoms in total. The van der Waals surface area contributed by atoms with Crippen molar-refractivity contribution in [2.75, 3.05) is 11.9 Å². The molecule has 1 aromatic heterocycles. The number of carbonyl (C=O) groups is 2. The number of thiophene rings is 1. The van der Waals surface area contributed by atoms with Crippen LogP contribution in [0.1, 0.15) is 16.5 Å². The fourth-order valence-corrected chi connectivity index (χ4v) is 2.76. The lowest BCUT2D eigenvalue weighted by Gasteiger charge is -2.11. The minimum Gasteiger partial charge on any atom is -0.386 e. The van der Waals surface area contributed by atoms with Gasteiger partial charge < -0.3 is 15.7 Å². The smallest absolute Gasteiger partial charge is 0.313 e. The Bertz CT molecular complexity index is 733. The number of aliphatic hydroxyl groups is 1. The third-order valence-corrected chi connectivity index (χ3v) is 4.16. The van der Waals surface area contributed by atoms with E-state index in [9.17, 15) is 23.5 Å². The third-order valence-electron chi connectivity index (χ3n) is 3.04. The Morgan fingerprint density at radius 1 is 1.22 bits per heavy atom. The summed E-state index contributed by atoms with van der Waals surface area (Å²) in [4.78, 5) is 24.0. The zero-order valence-electron chi connectivity index (χ0n) is 12.1. The summed E-state index contributed by atoms with van der Waals surface area (Å²) < 4.78 is 25.8. The van der Waals surface area contributed by atoms with Crippen molar-refractivity contribution in [1.82, 2.24) is 5.32 Å². The Kier molecular flexibility index (Phi) is 5.41. The van der Waals surface area contributed by atoms with Gasteiger partial charge in [-0.3, -0.25) is 9.59 Å². The van der Waals surface area contributed by atoms with Gasteiger partial charge in [0.1, 0.15) is 6.10 Å². The van der Waals surface area contributed by atoms with E-state index in [0.29, 0.717) is 4.88 Å². The van der Waals surface area contributed by atoms with Crippen molar-refractivity contribution in [3.8, 4) is 0 Å². The first-order valence-corrected chi connectivity index (χ1v) is 7.52. The number of aryl methyl sites for hydroxylation is 1. The predicted octanol–water partition coefficient (Wildman–Crippen LogP) is 2.12. The van der Waals surface area contributed by atoms with Gasteiger partial charge in [0.05, 0.1) is 0 Å². The summed E-state index contributed by atoms with van der Waals surface area (Å²) >= 11 is 1.34. The second-order valence-corrected chi connectivity index (χ2v) is 5.72. The molecule has 0 saturated heterocycles. The number of halogens is 2. The third kappa shape index (κ3) is 4.33. The van der Waals surface area contributed by atoms with Gasteiger partial charge in [0.25, 0.3) is 0 Å². The molecule has 0 spiro atoms. The summed E-state index contributed by atoms with van der Waals surface area (Å²) in [6.07, 6.45) is -0.921. The fraction of sp³-hybridized carbons (Fsp3) is 0.200. The van der Waals surface area contributed by atoms with Gasteiger partial charge in [-0.1, -0.05) is 0 Å². The maximum atomic E-state index is 13.0. The SMILES string of the molecule is Cc1ccsc1C(O)CNC(=O)C(=O)Nc1ccc(F)c(F)c1. The number of carbonyl (C=O) groups excluding carboxylic acids is 2. The van der Waals surface area contributed by atoms with Crippen LogP contribution in [0.15, 0.2) is 29.6 Å². The van der Waals surface area contributed by atoms with Crippen LogP contribution in [0, 0.1) is 18.6 Å². The number of aliphatic hydroxyl groups excluding tert-OH is 1. The van der Waals surface area contributed by atoms with Gasteiger partial charge in [0.2, 0.25) is 0 Å². The second kappa shape index (κ2) is 7.30. The predicted molar refractivity (Wildman–Crippen MR) is 82.0 cm³/mol. The number of nitrogens with one attached hydrogen (secondary N) is 2. The van der Waals surface area contributed by atoms with Gasteiger partial charge in [-0.05, 0) is 36.1 Å². The first kappa shape index (κ1) is 17.0. The van der Waals surface area contributed by atoms with Crippen LogP contribution in [0.4, 0.5) is 14.5 Å². The molecule has 2 amide bonds. The molecule has 8 heteroatoms. The number of anilines is 1. The Labute approximate surface area is 135 Å². The normalized spacial score (nSPS) is 11.8. The summed E-state index contributed by atoms with van der Waals surface area (Å²) in [5.74, 6) is -4.21. The number of hydrogen-bond donors (Lipinski definition) is 3. The molecule has 1 heterocycles. The van der Waals surface area contributed by atoms with Crippen LogP contribution in [0.2, 0.25) is 0 Å². The molecule has 122 valence electrons. The van der Waals surface area contributed by atoms with E-state index in [1.807, 2.05) is 18.4 Å². The van der Waals surface area contributed by atoms with Crippen molar-refractivity contribution in [2.45, 2.75) is 13.0 Å².